The van der Waals surface area contributed by atoms with Crippen LogP contribution in [-0.2, 0) is 0 Å². The first-order chi connectivity index (χ1) is 8.08. The van der Waals surface area contributed by atoms with Crippen LogP contribution >= 0.6 is 0 Å². The second-order valence-corrected chi connectivity index (χ2v) is 5.38. The second kappa shape index (κ2) is 4.91. The summed E-state index contributed by atoms with van der Waals surface area (Å²) in [7, 11) is 0. The zero-order valence-electron chi connectivity index (χ0n) is 10.9. The first-order valence-corrected chi connectivity index (χ1v) is 6.48. The van der Waals surface area contributed by atoms with Gasteiger partial charge in [-0.15, -0.1) is 0 Å². The van der Waals surface area contributed by atoms with E-state index in [4.69, 9.17) is 0 Å². The Morgan fingerprint density at radius 2 is 1.76 bits per heavy atom. The van der Waals surface area contributed by atoms with Crippen molar-refractivity contribution in [3.05, 3.63) is 35.4 Å². The van der Waals surface area contributed by atoms with Gasteiger partial charge < -0.3 is 5.32 Å². The van der Waals surface area contributed by atoms with E-state index >= 15 is 0 Å². The van der Waals surface area contributed by atoms with Crippen molar-refractivity contribution in [2.75, 3.05) is 0 Å². The van der Waals surface area contributed by atoms with E-state index in [1.54, 1.807) is 0 Å². The summed E-state index contributed by atoms with van der Waals surface area (Å²) in [5.41, 5.74) is 2.04. The second-order valence-electron chi connectivity index (χ2n) is 5.38. The van der Waals surface area contributed by atoms with Gasteiger partial charge in [-0.2, -0.15) is 0 Å². The fourth-order valence-corrected chi connectivity index (χ4v) is 2.02. The highest BCUT2D eigenvalue weighted by Gasteiger charge is 2.28. The lowest BCUT2D eigenvalue weighted by molar-refractivity contribution is 0.0936. The van der Waals surface area contributed by atoms with Gasteiger partial charge in [0, 0.05) is 11.6 Å². The minimum atomic E-state index is 0.0553. The number of carbonyl (C=O) groups is 1. The lowest BCUT2D eigenvalue weighted by atomic mass is 10.0. The molecule has 17 heavy (non-hydrogen) atoms. The zero-order valence-corrected chi connectivity index (χ0v) is 10.9. The molecule has 1 atom stereocenters. The minimum absolute atomic E-state index is 0.0553. The third kappa shape index (κ3) is 3.09. The topological polar surface area (TPSA) is 29.1 Å². The molecule has 1 aromatic rings. The molecule has 2 heteroatoms. The van der Waals surface area contributed by atoms with Crippen molar-refractivity contribution in [3.63, 3.8) is 0 Å². The summed E-state index contributed by atoms with van der Waals surface area (Å²) in [5, 5.41) is 3.07. The Hall–Kier alpha value is -1.31. The predicted molar refractivity (Wildman–Crippen MR) is 70.2 cm³/mol. The summed E-state index contributed by atoms with van der Waals surface area (Å²) in [5.74, 6) is 1.27. The van der Waals surface area contributed by atoms with Crippen molar-refractivity contribution in [2.24, 2.45) is 5.92 Å². The minimum Gasteiger partial charge on any atom is -0.349 e. The van der Waals surface area contributed by atoms with Crippen molar-refractivity contribution in [2.45, 2.75) is 45.6 Å². The van der Waals surface area contributed by atoms with E-state index < -0.39 is 0 Å². The first kappa shape index (κ1) is 12.2. The lowest BCUT2D eigenvalue weighted by Gasteiger charge is -2.13. The average Bonchev–Trinajstić information content (AvgIpc) is 3.12. The van der Waals surface area contributed by atoms with Gasteiger partial charge in [0.15, 0.2) is 0 Å². The van der Waals surface area contributed by atoms with Crippen LogP contribution in [0.25, 0.3) is 0 Å². The van der Waals surface area contributed by atoms with Gasteiger partial charge in [-0.05, 0) is 49.3 Å². The van der Waals surface area contributed by atoms with Gasteiger partial charge in [-0.25, -0.2) is 0 Å². The van der Waals surface area contributed by atoms with Crippen LogP contribution in [0.15, 0.2) is 24.3 Å². The smallest absolute Gasteiger partial charge is 0.251 e. The summed E-state index contributed by atoms with van der Waals surface area (Å²) in [4.78, 5) is 12.0. The molecule has 1 aliphatic carbocycles. The number of rotatable bonds is 4. The van der Waals surface area contributed by atoms with Gasteiger partial charge in [-0.3, -0.25) is 4.79 Å². The standard InChI is InChI=1S/C15H21NO/c1-10(2)12-4-8-14(9-5-12)15(17)16-11(3)13-6-7-13/h4-5,8-11,13H,6-7H2,1-3H3,(H,16,17). The maximum absolute atomic E-state index is 12.0. The Bertz CT molecular complexity index is 390. The fourth-order valence-electron chi connectivity index (χ4n) is 2.02. The Morgan fingerprint density at radius 1 is 1.18 bits per heavy atom. The number of amides is 1. The van der Waals surface area contributed by atoms with E-state index in [9.17, 15) is 4.79 Å². The van der Waals surface area contributed by atoms with E-state index in [0.717, 1.165) is 5.56 Å². The van der Waals surface area contributed by atoms with Crippen molar-refractivity contribution >= 4 is 5.91 Å². The third-order valence-electron chi connectivity index (χ3n) is 3.53. The Morgan fingerprint density at radius 3 is 2.24 bits per heavy atom. The summed E-state index contributed by atoms with van der Waals surface area (Å²) in [6.07, 6.45) is 2.52. The van der Waals surface area contributed by atoms with Crippen LogP contribution in [0.4, 0.5) is 0 Å². The fraction of sp³-hybridized carbons (Fsp3) is 0.533. The van der Waals surface area contributed by atoms with Gasteiger partial charge in [0.1, 0.15) is 0 Å². The van der Waals surface area contributed by atoms with Crippen LogP contribution in [0.1, 0.15) is 55.5 Å². The SMILES string of the molecule is CC(C)c1ccc(C(=O)NC(C)C2CC2)cc1. The molecule has 1 fully saturated rings. The van der Waals surface area contributed by atoms with Crippen molar-refractivity contribution < 1.29 is 4.79 Å². The van der Waals surface area contributed by atoms with E-state index in [-0.39, 0.29) is 5.91 Å². The molecule has 0 spiro atoms. The molecule has 0 aliphatic heterocycles. The summed E-state index contributed by atoms with van der Waals surface area (Å²) in [6, 6.07) is 8.24. The summed E-state index contributed by atoms with van der Waals surface area (Å²) in [6.45, 7) is 6.41. The van der Waals surface area contributed by atoms with Crippen molar-refractivity contribution in [1.29, 1.82) is 0 Å². The van der Waals surface area contributed by atoms with E-state index in [1.165, 1.54) is 18.4 Å². The maximum atomic E-state index is 12.0. The molecule has 0 bridgehead atoms. The highest BCUT2D eigenvalue weighted by molar-refractivity contribution is 5.94. The molecule has 92 valence electrons. The third-order valence-corrected chi connectivity index (χ3v) is 3.53. The summed E-state index contributed by atoms with van der Waals surface area (Å²) < 4.78 is 0. The number of benzene rings is 1. The summed E-state index contributed by atoms with van der Waals surface area (Å²) >= 11 is 0. The maximum Gasteiger partial charge on any atom is 0.251 e. The number of hydrogen-bond acceptors (Lipinski definition) is 1. The van der Waals surface area contributed by atoms with E-state index in [0.29, 0.717) is 17.9 Å². The van der Waals surface area contributed by atoms with Crippen LogP contribution in [0.2, 0.25) is 0 Å². The van der Waals surface area contributed by atoms with E-state index in [1.807, 2.05) is 24.3 Å². The molecule has 1 aromatic carbocycles. The molecule has 0 saturated heterocycles. The van der Waals surface area contributed by atoms with Gasteiger partial charge in [-0.1, -0.05) is 26.0 Å². The highest BCUT2D eigenvalue weighted by atomic mass is 16.1. The average molecular weight is 231 g/mol. The number of carbonyl (C=O) groups excluding carboxylic acids is 1. The van der Waals surface area contributed by atoms with E-state index in [2.05, 4.69) is 26.1 Å². The predicted octanol–water partition coefficient (Wildman–Crippen LogP) is 3.34. The molecular weight excluding hydrogens is 210 g/mol. The van der Waals surface area contributed by atoms with Crippen molar-refractivity contribution in [3.8, 4) is 0 Å². The van der Waals surface area contributed by atoms with Crippen LogP contribution in [0.5, 0.6) is 0 Å². The first-order valence-electron chi connectivity index (χ1n) is 6.48. The zero-order chi connectivity index (χ0) is 12.4. The normalized spacial score (nSPS) is 16.9. The van der Waals surface area contributed by atoms with Crippen LogP contribution in [-0.4, -0.2) is 11.9 Å². The highest BCUT2D eigenvalue weighted by Crippen LogP contribution is 2.32. The molecule has 2 rings (SSSR count). The van der Waals surface area contributed by atoms with Crippen LogP contribution < -0.4 is 5.32 Å². The molecule has 1 aliphatic rings. The van der Waals surface area contributed by atoms with Gasteiger partial charge >= 0.3 is 0 Å². The molecule has 1 amide bonds. The molecule has 1 N–H and O–H groups in total. The molecule has 2 nitrogen and oxygen atoms in total. The van der Waals surface area contributed by atoms with Gasteiger partial charge in [0.05, 0.1) is 0 Å². The Labute approximate surface area is 103 Å². The number of nitrogens with one attached hydrogen (secondary N) is 1. The molecule has 0 heterocycles. The molecule has 1 unspecified atom stereocenters. The monoisotopic (exact) mass is 231 g/mol. The molecular formula is C15H21NO. The van der Waals surface area contributed by atoms with Crippen LogP contribution in [0.3, 0.4) is 0 Å². The van der Waals surface area contributed by atoms with Gasteiger partial charge in [0.2, 0.25) is 0 Å². The molecule has 0 radical (unpaired) electrons. The van der Waals surface area contributed by atoms with Gasteiger partial charge in [0.25, 0.3) is 5.91 Å². The molecule has 1 saturated carbocycles. The molecule has 0 aromatic heterocycles. The van der Waals surface area contributed by atoms with Crippen LogP contribution in [0, 0.1) is 5.92 Å². The quantitative estimate of drug-likeness (QED) is 0.846. The largest absolute Gasteiger partial charge is 0.349 e. The Balaban J connectivity index is 1.98. The van der Waals surface area contributed by atoms with Crippen molar-refractivity contribution in [1.82, 2.24) is 5.32 Å². The Kier molecular flexibility index (Phi) is 3.51. The number of hydrogen-bond donors (Lipinski definition) is 1. The lowest BCUT2D eigenvalue weighted by Crippen LogP contribution is -2.33.